The zero-order valence-corrected chi connectivity index (χ0v) is 14.9. The van der Waals surface area contributed by atoms with Crippen LogP contribution in [0.1, 0.15) is 30.4 Å². The summed E-state index contributed by atoms with van der Waals surface area (Å²) in [6.45, 7) is 4.17. The monoisotopic (exact) mass is 361 g/mol. The molecule has 1 aliphatic carbocycles. The van der Waals surface area contributed by atoms with Gasteiger partial charge in [-0.15, -0.1) is 0 Å². The van der Waals surface area contributed by atoms with E-state index >= 15 is 0 Å². The Hall–Kier alpha value is -2.41. The fourth-order valence-electron chi connectivity index (χ4n) is 4.31. The van der Waals surface area contributed by atoms with Crippen molar-refractivity contribution in [2.75, 3.05) is 27.0 Å². The number of hydrogen-bond acceptors (Lipinski definition) is 6. The lowest BCUT2D eigenvalue weighted by Crippen LogP contribution is -2.39. The topological polar surface area (TPSA) is 77.5 Å². The normalized spacial score (nSPS) is 26.5. The molecule has 4 rings (SSSR count). The Morgan fingerprint density at radius 2 is 2.12 bits per heavy atom. The second-order valence-corrected chi connectivity index (χ2v) is 6.78. The maximum atomic E-state index is 11.3. The van der Waals surface area contributed by atoms with Gasteiger partial charge in [-0.1, -0.05) is 6.92 Å². The van der Waals surface area contributed by atoms with Gasteiger partial charge in [0.2, 0.25) is 6.79 Å². The molecule has 2 aliphatic heterocycles. The zero-order chi connectivity index (χ0) is 18.3. The number of fused-ring (bicyclic) bond motifs is 4. The van der Waals surface area contributed by atoms with E-state index in [1.54, 1.807) is 7.11 Å². The van der Waals surface area contributed by atoms with Gasteiger partial charge in [-0.2, -0.15) is 0 Å². The smallest absolute Gasteiger partial charge is 0.497 e. The molecule has 7 nitrogen and oxygen atoms in total. The number of carboxylic acid groups (broad SMARTS) is 1. The third-order valence-corrected chi connectivity index (χ3v) is 5.37. The highest BCUT2D eigenvalue weighted by atomic mass is 16.7. The first kappa shape index (κ1) is 17.0. The molecule has 0 fully saturated rings. The van der Waals surface area contributed by atoms with E-state index in [4.69, 9.17) is 18.9 Å². The van der Waals surface area contributed by atoms with Gasteiger partial charge in [0, 0.05) is 18.5 Å². The first-order chi connectivity index (χ1) is 12.6. The molecule has 3 aliphatic rings. The molecule has 140 valence electrons. The molecule has 0 saturated heterocycles. The highest BCUT2D eigenvalue weighted by Gasteiger charge is 2.46. The number of benzene rings is 1. The molecule has 0 bridgehead atoms. The minimum Gasteiger partial charge on any atom is -0.497 e. The first-order valence-electron chi connectivity index (χ1n) is 8.94. The van der Waals surface area contributed by atoms with E-state index in [-0.39, 0.29) is 18.8 Å². The maximum Gasteiger partial charge on any atom is 0.506 e. The summed E-state index contributed by atoms with van der Waals surface area (Å²) < 4.78 is 21.8. The van der Waals surface area contributed by atoms with Crippen LogP contribution in [0, 0.1) is 0 Å². The van der Waals surface area contributed by atoms with Crippen molar-refractivity contribution in [3.63, 3.8) is 0 Å². The average Bonchev–Trinajstić information content (AvgIpc) is 3.17. The molecule has 1 aromatic carbocycles. The molecule has 26 heavy (non-hydrogen) atoms. The fraction of sp³-hybridized carbons (Fsp3) is 0.526. The summed E-state index contributed by atoms with van der Waals surface area (Å²) in [7, 11) is 1.56. The van der Waals surface area contributed by atoms with Crippen LogP contribution in [0.15, 0.2) is 24.0 Å². The SMILES string of the molecule is CCCN1CCc2cc3c(cc2C2C(OC(=O)O)C(OC)=CC21)OCO3. The molecule has 7 heteroatoms. The number of methoxy groups -OCH3 is 1. The van der Waals surface area contributed by atoms with Crippen LogP contribution in [-0.4, -0.2) is 55.3 Å². The van der Waals surface area contributed by atoms with E-state index in [1.807, 2.05) is 18.2 Å². The number of rotatable bonds is 4. The highest BCUT2D eigenvalue weighted by molar-refractivity contribution is 5.59. The van der Waals surface area contributed by atoms with Crippen LogP contribution in [-0.2, 0) is 15.9 Å². The standard InChI is InChI=1S/C19H23NO6/c1-3-5-20-6-4-11-7-14-15(25-10-24-14)8-12(11)17-13(20)9-16(23-2)18(17)26-19(21)22/h7-9,13,17-18H,3-6,10H2,1-2H3,(H,21,22). The Balaban J connectivity index is 1.81. The van der Waals surface area contributed by atoms with Gasteiger partial charge in [0.25, 0.3) is 0 Å². The van der Waals surface area contributed by atoms with E-state index in [0.29, 0.717) is 11.5 Å². The van der Waals surface area contributed by atoms with Gasteiger partial charge >= 0.3 is 6.16 Å². The number of hydrogen-bond donors (Lipinski definition) is 1. The van der Waals surface area contributed by atoms with Crippen molar-refractivity contribution >= 4 is 6.16 Å². The van der Waals surface area contributed by atoms with Gasteiger partial charge in [-0.25, -0.2) is 4.79 Å². The fourth-order valence-corrected chi connectivity index (χ4v) is 4.31. The van der Waals surface area contributed by atoms with Crippen LogP contribution in [0.5, 0.6) is 11.5 Å². The minimum absolute atomic E-state index is 0.0240. The second-order valence-electron chi connectivity index (χ2n) is 6.78. The number of nitrogens with zero attached hydrogens (tertiary/aromatic N) is 1. The van der Waals surface area contributed by atoms with Crippen LogP contribution in [0.2, 0.25) is 0 Å². The Kier molecular flexibility index (Phi) is 4.40. The van der Waals surface area contributed by atoms with Gasteiger partial charge in [-0.3, -0.25) is 4.90 Å². The summed E-state index contributed by atoms with van der Waals surface area (Å²) in [5.41, 5.74) is 2.19. The number of ether oxygens (including phenoxy) is 4. The third kappa shape index (κ3) is 2.76. The molecule has 0 amide bonds. The van der Waals surface area contributed by atoms with Crippen molar-refractivity contribution in [1.29, 1.82) is 0 Å². The van der Waals surface area contributed by atoms with E-state index < -0.39 is 12.3 Å². The van der Waals surface area contributed by atoms with E-state index in [2.05, 4.69) is 11.8 Å². The van der Waals surface area contributed by atoms with Crippen molar-refractivity contribution < 1.29 is 28.8 Å². The molecule has 3 unspecified atom stereocenters. The predicted octanol–water partition coefficient (Wildman–Crippen LogP) is 2.74. The van der Waals surface area contributed by atoms with Crippen molar-refractivity contribution in [2.24, 2.45) is 0 Å². The Bertz CT molecular complexity index is 746. The van der Waals surface area contributed by atoms with Gasteiger partial charge in [0.05, 0.1) is 7.11 Å². The molecule has 0 radical (unpaired) electrons. The molecule has 1 aromatic rings. The lowest BCUT2D eigenvalue weighted by Gasteiger charge is -2.31. The Labute approximate surface area is 152 Å². The van der Waals surface area contributed by atoms with Gasteiger partial charge in [-0.05, 0) is 48.7 Å². The van der Waals surface area contributed by atoms with Crippen molar-refractivity contribution in [2.45, 2.75) is 37.8 Å². The summed E-state index contributed by atoms with van der Waals surface area (Å²) in [5, 5.41) is 9.26. The molecular formula is C19H23NO6. The highest BCUT2D eigenvalue weighted by Crippen LogP contribution is 2.46. The molecule has 2 heterocycles. The predicted molar refractivity (Wildman–Crippen MR) is 92.7 cm³/mol. The summed E-state index contributed by atoms with van der Waals surface area (Å²) in [5.74, 6) is 1.85. The van der Waals surface area contributed by atoms with Crippen LogP contribution in [0.25, 0.3) is 0 Å². The molecule has 0 saturated carbocycles. The summed E-state index contributed by atoms with van der Waals surface area (Å²) in [6, 6.07) is 4.03. The van der Waals surface area contributed by atoms with Crippen LogP contribution in [0.3, 0.4) is 0 Å². The summed E-state index contributed by atoms with van der Waals surface area (Å²) in [4.78, 5) is 13.7. The van der Waals surface area contributed by atoms with Crippen molar-refractivity contribution in [1.82, 2.24) is 4.90 Å². The van der Waals surface area contributed by atoms with Gasteiger partial charge < -0.3 is 24.1 Å². The Morgan fingerprint density at radius 1 is 1.35 bits per heavy atom. The first-order valence-corrected chi connectivity index (χ1v) is 8.94. The minimum atomic E-state index is -1.30. The lowest BCUT2D eigenvalue weighted by molar-refractivity contribution is 0.0303. The van der Waals surface area contributed by atoms with E-state index in [9.17, 15) is 9.90 Å². The molecule has 0 spiro atoms. The summed E-state index contributed by atoms with van der Waals surface area (Å²) in [6.07, 6.45) is 1.93. The van der Waals surface area contributed by atoms with Crippen LogP contribution < -0.4 is 9.47 Å². The average molecular weight is 361 g/mol. The van der Waals surface area contributed by atoms with Gasteiger partial charge in [0.15, 0.2) is 17.6 Å². The second kappa shape index (κ2) is 6.72. The maximum absolute atomic E-state index is 11.3. The molecule has 0 aromatic heterocycles. The lowest BCUT2D eigenvalue weighted by atomic mass is 9.87. The quantitative estimate of drug-likeness (QED) is 0.826. The zero-order valence-electron chi connectivity index (χ0n) is 14.9. The summed E-state index contributed by atoms with van der Waals surface area (Å²) >= 11 is 0. The largest absolute Gasteiger partial charge is 0.506 e. The third-order valence-electron chi connectivity index (χ3n) is 5.37. The van der Waals surface area contributed by atoms with Crippen LogP contribution >= 0.6 is 0 Å². The van der Waals surface area contributed by atoms with E-state index in [1.165, 1.54) is 0 Å². The number of carbonyl (C=O) groups is 1. The molecule has 1 N–H and O–H groups in total. The van der Waals surface area contributed by atoms with Crippen molar-refractivity contribution in [3.05, 3.63) is 35.1 Å². The Morgan fingerprint density at radius 3 is 2.81 bits per heavy atom. The van der Waals surface area contributed by atoms with Crippen LogP contribution in [0.4, 0.5) is 4.79 Å². The van der Waals surface area contributed by atoms with Gasteiger partial charge in [0.1, 0.15) is 5.76 Å². The van der Waals surface area contributed by atoms with E-state index in [0.717, 1.165) is 42.8 Å². The van der Waals surface area contributed by atoms with Crippen molar-refractivity contribution in [3.8, 4) is 11.5 Å². The molecular weight excluding hydrogens is 338 g/mol. The molecule has 3 atom stereocenters.